The zero-order valence-electron chi connectivity index (χ0n) is 10.8. The molecule has 0 aliphatic carbocycles. The Labute approximate surface area is 118 Å². The molecule has 0 spiro atoms. The summed E-state index contributed by atoms with van der Waals surface area (Å²) >= 11 is -1.90. The summed E-state index contributed by atoms with van der Waals surface area (Å²) < 4.78 is 19.4. The highest BCUT2D eigenvalue weighted by Gasteiger charge is 2.10. The van der Waals surface area contributed by atoms with Gasteiger partial charge in [-0.05, 0) is 30.7 Å². The summed E-state index contributed by atoms with van der Waals surface area (Å²) in [6, 6.07) is 9.00. The molecule has 0 fully saturated rings. The molecule has 0 saturated carbocycles. The molecule has 0 saturated heterocycles. The van der Waals surface area contributed by atoms with E-state index in [1.807, 2.05) is 18.2 Å². The van der Waals surface area contributed by atoms with Crippen molar-refractivity contribution in [1.29, 1.82) is 0 Å². The summed E-state index contributed by atoms with van der Waals surface area (Å²) in [6.07, 6.45) is 0. The maximum Gasteiger partial charge on any atom is 0.250 e. The number of anilines is 1. The van der Waals surface area contributed by atoms with E-state index in [1.54, 1.807) is 19.1 Å². The maximum absolute atomic E-state index is 11.2. The molecule has 1 aromatic carbocycles. The fourth-order valence-corrected chi connectivity index (χ4v) is 2.20. The number of nitrogens with one attached hydrogen (secondary N) is 2. The normalized spacial score (nSPS) is 12.1. The minimum atomic E-state index is -1.90. The summed E-state index contributed by atoms with van der Waals surface area (Å²) in [5.74, 6) is -0.519. The number of amides is 1. The first-order chi connectivity index (χ1) is 9.47. The van der Waals surface area contributed by atoms with Crippen LogP contribution >= 0.6 is 0 Å². The van der Waals surface area contributed by atoms with Crippen LogP contribution in [0.15, 0.2) is 30.3 Å². The number of carbonyl (C=O) groups is 1. The Balaban J connectivity index is 2.28. The van der Waals surface area contributed by atoms with Crippen molar-refractivity contribution in [3.8, 4) is 11.3 Å². The van der Waals surface area contributed by atoms with Crippen molar-refractivity contribution in [3.05, 3.63) is 41.6 Å². The molecule has 0 aliphatic heterocycles. The van der Waals surface area contributed by atoms with Crippen molar-refractivity contribution < 1.29 is 13.6 Å². The topological polar surface area (TPSA) is 108 Å². The lowest BCUT2D eigenvalue weighted by Gasteiger charge is -2.05. The van der Waals surface area contributed by atoms with Gasteiger partial charge in [0.05, 0.1) is 5.56 Å². The van der Waals surface area contributed by atoms with Crippen LogP contribution in [0.3, 0.4) is 0 Å². The van der Waals surface area contributed by atoms with E-state index in [9.17, 15) is 9.00 Å². The van der Waals surface area contributed by atoms with Gasteiger partial charge in [-0.3, -0.25) is 4.79 Å². The fourth-order valence-electron chi connectivity index (χ4n) is 1.91. The molecule has 106 valence electrons. The quantitative estimate of drug-likeness (QED) is 0.629. The van der Waals surface area contributed by atoms with E-state index in [4.69, 9.17) is 10.3 Å². The minimum absolute atomic E-state index is 0.0419. The minimum Gasteiger partial charge on any atom is -0.372 e. The van der Waals surface area contributed by atoms with Crippen LogP contribution in [0.2, 0.25) is 0 Å². The third-order valence-corrected chi connectivity index (χ3v) is 3.24. The molecular weight excluding hydrogens is 278 g/mol. The average Bonchev–Trinajstić information content (AvgIpc) is 2.79. The first-order valence-corrected chi connectivity index (χ1v) is 7.16. The first kappa shape index (κ1) is 14.3. The van der Waals surface area contributed by atoms with E-state index in [2.05, 4.69) is 10.3 Å². The molecule has 1 amide bonds. The Kier molecular flexibility index (Phi) is 4.21. The molecule has 1 aromatic heterocycles. The summed E-state index contributed by atoms with van der Waals surface area (Å²) in [5.41, 5.74) is 8.79. The number of rotatable bonds is 5. The van der Waals surface area contributed by atoms with Crippen LogP contribution in [-0.2, 0) is 11.1 Å². The van der Waals surface area contributed by atoms with E-state index in [1.165, 1.54) is 0 Å². The molecule has 20 heavy (non-hydrogen) atoms. The van der Waals surface area contributed by atoms with Gasteiger partial charge in [0.15, 0.2) is 11.1 Å². The molecule has 1 unspecified atom stereocenters. The number of benzene rings is 1. The molecule has 1 atom stereocenters. The van der Waals surface area contributed by atoms with Crippen LogP contribution in [0, 0.1) is 6.92 Å². The molecule has 0 aliphatic rings. The first-order valence-electron chi connectivity index (χ1n) is 5.88. The van der Waals surface area contributed by atoms with Crippen LogP contribution in [0.4, 0.5) is 5.69 Å². The maximum atomic E-state index is 11.2. The van der Waals surface area contributed by atoms with Gasteiger partial charge in [-0.2, -0.15) is 0 Å². The standard InChI is InChI=1S/C13H15N3O3S/c1-8-11(13(14)17)6-12(16-8)9-3-2-4-10(5-9)15-7-20(18)19/h2-6,15-16H,7H2,1H3,(H2,14,17)(H,18,19). The Morgan fingerprint density at radius 3 is 2.80 bits per heavy atom. The third kappa shape index (κ3) is 3.25. The number of H-pyrrole nitrogens is 1. The van der Waals surface area contributed by atoms with Gasteiger partial charge in [-0.25, -0.2) is 4.21 Å². The number of aromatic nitrogens is 1. The molecule has 6 nitrogen and oxygen atoms in total. The molecule has 0 radical (unpaired) electrons. The van der Waals surface area contributed by atoms with Crippen molar-refractivity contribution in [1.82, 2.24) is 4.98 Å². The monoisotopic (exact) mass is 293 g/mol. The second kappa shape index (κ2) is 5.89. The predicted molar refractivity (Wildman–Crippen MR) is 78.7 cm³/mol. The van der Waals surface area contributed by atoms with Gasteiger partial charge in [0, 0.05) is 17.1 Å². The summed E-state index contributed by atoms with van der Waals surface area (Å²) in [5, 5.41) is 2.84. The molecule has 7 heteroatoms. The van der Waals surface area contributed by atoms with Crippen molar-refractivity contribution in [2.75, 3.05) is 11.2 Å². The number of carbonyl (C=O) groups excluding carboxylic acids is 1. The highest BCUT2D eigenvalue weighted by atomic mass is 32.2. The molecule has 2 rings (SSSR count). The van der Waals surface area contributed by atoms with Crippen molar-refractivity contribution in [3.63, 3.8) is 0 Å². The van der Waals surface area contributed by atoms with Gasteiger partial charge in [0.25, 0.3) is 5.91 Å². The van der Waals surface area contributed by atoms with E-state index in [-0.39, 0.29) is 5.88 Å². The van der Waals surface area contributed by atoms with Gasteiger partial charge >= 0.3 is 0 Å². The largest absolute Gasteiger partial charge is 0.372 e. The van der Waals surface area contributed by atoms with Crippen LogP contribution in [-0.4, -0.2) is 25.5 Å². The smallest absolute Gasteiger partial charge is 0.250 e. The zero-order chi connectivity index (χ0) is 14.7. The Morgan fingerprint density at radius 2 is 2.20 bits per heavy atom. The van der Waals surface area contributed by atoms with Gasteiger partial charge in [0.2, 0.25) is 0 Å². The SMILES string of the molecule is Cc1[nH]c(-c2cccc(NCS(=O)O)c2)cc1C(N)=O. The lowest BCUT2D eigenvalue weighted by Crippen LogP contribution is -2.10. The van der Waals surface area contributed by atoms with Crippen LogP contribution in [0.25, 0.3) is 11.3 Å². The zero-order valence-corrected chi connectivity index (χ0v) is 11.7. The third-order valence-electron chi connectivity index (χ3n) is 2.85. The lowest BCUT2D eigenvalue weighted by atomic mass is 10.1. The van der Waals surface area contributed by atoms with Crippen molar-refractivity contribution >= 4 is 22.7 Å². The van der Waals surface area contributed by atoms with Gasteiger partial charge < -0.3 is 20.6 Å². The van der Waals surface area contributed by atoms with Crippen LogP contribution < -0.4 is 11.1 Å². The summed E-state index contributed by atoms with van der Waals surface area (Å²) in [7, 11) is 0. The fraction of sp³-hybridized carbons (Fsp3) is 0.154. The van der Waals surface area contributed by atoms with Crippen LogP contribution in [0.1, 0.15) is 16.1 Å². The number of aromatic amines is 1. The summed E-state index contributed by atoms with van der Waals surface area (Å²) in [4.78, 5) is 14.3. The predicted octanol–water partition coefficient (Wildman–Crippen LogP) is 1.68. The molecular formula is C13H15N3O3S. The lowest BCUT2D eigenvalue weighted by molar-refractivity contribution is 0.1000. The van der Waals surface area contributed by atoms with E-state index in [0.717, 1.165) is 16.9 Å². The number of hydrogen-bond acceptors (Lipinski definition) is 3. The van der Waals surface area contributed by atoms with Gasteiger partial charge in [-0.15, -0.1) is 0 Å². The second-order valence-electron chi connectivity index (χ2n) is 4.31. The number of primary amides is 1. The van der Waals surface area contributed by atoms with Crippen molar-refractivity contribution in [2.24, 2.45) is 5.73 Å². The summed E-state index contributed by atoms with van der Waals surface area (Å²) in [6.45, 7) is 1.78. The van der Waals surface area contributed by atoms with Crippen LogP contribution in [0.5, 0.6) is 0 Å². The molecule has 5 N–H and O–H groups in total. The molecule has 0 bridgehead atoms. The number of aryl methyl sites for hydroxylation is 1. The highest BCUT2D eigenvalue weighted by Crippen LogP contribution is 2.24. The van der Waals surface area contributed by atoms with E-state index >= 15 is 0 Å². The molecule has 2 aromatic rings. The number of nitrogens with two attached hydrogens (primary N) is 1. The molecule has 1 heterocycles. The Hall–Kier alpha value is -2.12. The van der Waals surface area contributed by atoms with Gasteiger partial charge in [-0.1, -0.05) is 12.1 Å². The van der Waals surface area contributed by atoms with E-state index in [0.29, 0.717) is 11.3 Å². The second-order valence-corrected chi connectivity index (χ2v) is 5.24. The van der Waals surface area contributed by atoms with E-state index < -0.39 is 17.0 Å². The van der Waals surface area contributed by atoms with Crippen molar-refractivity contribution in [2.45, 2.75) is 6.92 Å². The number of hydrogen-bond donors (Lipinski definition) is 4. The Morgan fingerprint density at radius 1 is 1.45 bits per heavy atom. The van der Waals surface area contributed by atoms with Gasteiger partial charge in [0.1, 0.15) is 5.88 Å². The average molecular weight is 293 g/mol. The Bertz CT molecular complexity index is 667. The highest BCUT2D eigenvalue weighted by molar-refractivity contribution is 7.79.